The van der Waals surface area contributed by atoms with E-state index in [9.17, 15) is 13.2 Å². The van der Waals surface area contributed by atoms with Crippen LogP contribution in [0.15, 0.2) is 0 Å². The van der Waals surface area contributed by atoms with E-state index in [1.54, 1.807) is 5.10 Å². The normalized spacial score (nSPS) is 10.4. The molecule has 1 rings (SSSR count). The zero-order valence-electron chi connectivity index (χ0n) is 6.05. The Hall–Kier alpha value is -1.31. The summed E-state index contributed by atoms with van der Waals surface area (Å²) in [6.45, 7) is 0. The van der Waals surface area contributed by atoms with Crippen LogP contribution in [0.2, 0.25) is 0 Å². The first-order chi connectivity index (χ1) is 5.50. The van der Waals surface area contributed by atoms with E-state index < -0.39 is 17.9 Å². The third-order valence-electron chi connectivity index (χ3n) is 0.771. The number of aromatic nitrogens is 3. The molecule has 0 aromatic carbocycles. The van der Waals surface area contributed by atoms with E-state index >= 15 is 0 Å². The molecular weight excluding hydrogens is 177 g/mol. The summed E-state index contributed by atoms with van der Waals surface area (Å²) in [6.07, 6.45) is -4.50. The SMILES string of the molecule is CO.Nc1n[nH]c(C(F)(F)F)n1. The molecule has 0 spiro atoms. The molecule has 8 heteroatoms. The van der Waals surface area contributed by atoms with E-state index in [0.717, 1.165) is 7.11 Å². The summed E-state index contributed by atoms with van der Waals surface area (Å²) < 4.78 is 34.8. The molecule has 0 atom stereocenters. The number of aliphatic hydroxyl groups is 1. The number of anilines is 1. The number of aliphatic hydroxyl groups excluding tert-OH is 1. The van der Waals surface area contributed by atoms with Crippen LogP contribution in [-0.4, -0.2) is 27.4 Å². The van der Waals surface area contributed by atoms with E-state index in [0.29, 0.717) is 0 Å². The number of nitrogen functional groups attached to an aromatic ring is 1. The Balaban J connectivity index is 0.000000561. The molecule has 1 aromatic rings. The highest BCUT2D eigenvalue weighted by Crippen LogP contribution is 2.25. The second kappa shape index (κ2) is 3.90. The van der Waals surface area contributed by atoms with Crippen molar-refractivity contribution in [3.05, 3.63) is 5.82 Å². The third kappa shape index (κ3) is 2.74. The van der Waals surface area contributed by atoms with Gasteiger partial charge in [0.05, 0.1) is 0 Å². The number of halogens is 3. The highest BCUT2D eigenvalue weighted by atomic mass is 19.4. The molecule has 0 aliphatic heterocycles. The number of H-pyrrole nitrogens is 1. The predicted octanol–water partition coefficient (Wildman–Crippen LogP) is 0.0142. The fourth-order valence-corrected chi connectivity index (χ4v) is 0.402. The Labute approximate surface area is 65.4 Å². The Kier molecular flexibility index (Phi) is 3.48. The van der Waals surface area contributed by atoms with Crippen molar-refractivity contribution in [1.82, 2.24) is 15.2 Å². The molecule has 4 N–H and O–H groups in total. The van der Waals surface area contributed by atoms with Crippen molar-refractivity contribution in [2.75, 3.05) is 12.8 Å². The van der Waals surface area contributed by atoms with Crippen molar-refractivity contribution in [3.8, 4) is 0 Å². The van der Waals surface area contributed by atoms with Gasteiger partial charge in [0.25, 0.3) is 0 Å². The number of alkyl halides is 3. The summed E-state index contributed by atoms with van der Waals surface area (Å²) in [5.41, 5.74) is 4.82. The van der Waals surface area contributed by atoms with Crippen LogP contribution in [0.25, 0.3) is 0 Å². The maximum Gasteiger partial charge on any atom is 0.451 e. The first kappa shape index (κ1) is 10.7. The molecule has 0 radical (unpaired) electrons. The first-order valence-electron chi connectivity index (χ1n) is 2.70. The molecule has 0 aliphatic carbocycles. The summed E-state index contributed by atoms with van der Waals surface area (Å²) in [5, 5.41) is 11.6. The van der Waals surface area contributed by atoms with Crippen LogP contribution < -0.4 is 5.73 Å². The van der Waals surface area contributed by atoms with E-state index in [-0.39, 0.29) is 0 Å². The van der Waals surface area contributed by atoms with E-state index in [1.807, 2.05) is 0 Å². The number of rotatable bonds is 0. The molecule has 0 unspecified atom stereocenters. The van der Waals surface area contributed by atoms with E-state index in [1.165, 1.54) is 0 Å². The number of hydrogen-bond donors (Lipinski definition) is 3. The Morgan fingerprint density at radius 1 is 1.42 bits per heavy atom. The molecule has 0 aliphatic rings. The van der Waals surface area contributed by atoms with E-state index in [2.05, 4.69) is 10.1 Å². The standard InChI is InChI=1S/C3H3F3N4.CH4O/c4-3(5,6)1-8-2(7)10-9-1;1-2/h(H3,7,8,9,10);2H,1H3. The zero-order chi connectivity index (χ0) is 9.78. The minimum absolute atomic E-state index is 0.410. The molecule has 0 bridgehead atoms. The van der Waals surface area contributed by atoms with Crippen molar-refractivity contribution in [1.29, 1.82) is 0 Å². The van der Waals surface area contributed by atoms with Crippen molar-refractivity contribution in [2.45, 2.75) is 6.18 Å². The number of hydrogen-bond acceptors (Lipinski definition) is 4. The highest BCUT2D eigenvalue weighted by Gasteiger charge is 2.34. The lowest BCUT2D eigenvalue weighted by Crippen LogP contribution is -2.07. The summed E-state index contributed by atoms with van der Waals surface area (Å²) in [5.74, 6) is -1.59. The largest absolute Gasteiger partial charge is 0.451 e. The van der Waals surface area contributed by atoms with Gasteiger partial charge in [-0.15, -0.1) is 5.10 Å². The molecule has 70 valence electrons. The minimum Gasteiger partial charge on any atom is -0.400 e. The van der Waals surface area contributed by atoms with Gasteiger partial charge >= 0.3 is 6.18 Å². The molecule has 5 nitrogen and oxygen atoms in total. The Morgan fingerprint density at radius 2 is 1.92 bits per heavy atom. The van der Waals surface area contributed by atoms with Crippen LogP contribution in [0, 0.1) is 0 Å². The molecule has 0 fully saturated rings. The van der Waals surface area contributed by atoms with Crippen LogP contribution in [0.1, 0.15) is 5.82 Å². The molecule has 0 saturated heterocycles. The summed E-state index contributed by atoms with van der Waals surface area (Å²) in [6, 6.07) is 0. The van der Waals surface area contributed by atoms with Gasteiger partial charge in [-0.25, -0.2) is 0 Å². The predicted molar refractivity (Wildman–Crippen MR) is 33.9 cm³/mol. The topological polar surface area (TPSA) is 87.8 Å². The second-order valence-electron chi connectivity index (χ2n) is 1.54. The Morgan fingerprint density at radius 3 is 2.08 bits per heavy atom. The lowest BCUT2D eigenvalue weighted by atomic mass is 10.6. The maximum absolute atomic E-state index is 11.6. The van der Waals surface area contributed by atoms with Crippen LogP contribution in [-0.2, 0) is 6.18 Å². The van der Waals surface area contributed by atoms with Gasteiger partial charge in [0.1, 0.15) is 0 Å². The van der Waals surface area contributed by atoms with Crippen molar-refractivity contribution < 1.29 is 18.3 Å². The van der Waals surface area contributed by atoms with Gasteiger partial charge in [-0.1, -0.05) is 0 Å². The lowest BCUT2D eigenvalue weighted by Gasteiger charge is -1.97. The molecule has 1 aromatic heterocycles. The average molecular weight is 184 g/mol. The van der Waals surface area contributed by atoms with Gasteiger partial charge in [-0.3, -0.25) is 5.10 Å². The second-order valence-corrected chi connectivity index (χ2v) is 1.54. The Bertz CT molecular complexity index is 232. The van der Waals surface area contributed by atoms with Gasteiger partial charge in [0.15, 0.2) is 0 Å². The quantitative estimate of drug-likeness (QED) is 0.530. The van der Waals surface area contributed by atoms with E-state index in [4.69, 9.17) is 10.8 Å². The minimum atomic E-state index is -4.50. The maximum atomic E-state index is 11.6. The van der Waals surface area contributed by atoms with Gasteiger partial charge in [-0.05, 0) is 0 Å². The van der Waals surface area contributed by atoms with Crippen molar-refractivity contribution in [2.24, 2.45) is 0 Å². The van der Waals surface area contributed by atoms with Crippen LogP contribution >= 0.6 is 0 Å². The van der Waals surface area contributed by atoms with Crippen molar-refractivity contribution in [3.63, 3.8) is 0 Å². The average Bonchev–Trinajstić information content (AvgIpc) is 2.39. The number of nitrogens with zero attached hydrogens (tertiary/aromatic N) is 2. The lowest BCUT2D eigenvalue weighted by molar-refractivity contribution is -0.144. The number of nitrogens with two attached hydrogens (primary N) is 1. The molecular formula is C4H7F3N4O. The molecule has 0 saturated carbocycles. The fraction of sp³-hybridized carbons (Fsp3) is 0.500. The third-order valence-corrected chi connectivity index (χ3v) is 0.771. The number of aromatic amines is 1. The van der Waals surface area contributed by atoms with Gasteiger partial charge < -0.3 is 10.8 Å². The van der Waals surface area contributed by atoms with Crippen molar-refractivity contribution >= 4 is 5.95 Å². The van der Waals surface area contributed by atoms with Crippen LogP contribution in [0.3, 0.4) is 0 Å². The number of nitrogens with one attached hydrogen (secondary N) is 1. The van der Waals surface area contributed by atoms with Crippen LogP contribution in [0.5, 0.6) is 0 Å². The molecule has 1 heterocycles. The monoisotopic (exact) mass is 184 g/mol. The van der Waals surface area contributed by atoms with Gasteiger partial charge in [0.2, 0.25) is 11.8 Å². The molecule has 0 amide bonds. The smallest absolute Gasteiger partial charge is 0.400 e. The van der Waals surface area contributed by atoms with Crippen LogP contribution in [0.4, 0.5) is 19.1 Å². The highest BCUT2D eigenvalue weighted by molar-refractivity contribution is 5.13. The zero-order valence-corrected chi connectivity index (χ0v) is 6.05. The fourth-order valence-electron chi connectivity index (χ4n) is 0.402. The van der Waals surface area contributed by atoms with Gasteiger partial charge in [-0.2, -0.15) is 18.2 Å². The summed E-state index contributed by atoms with van der Waals surface area (Å²) in [7, 11) is 1.00. The molecule has 12 heavy (non-hydrogen) atoms. The summed E-state index contributed by atoms with van der Waals surface area (Å²) in [4.78, 5) is 2.87. The summed E-state index contributed by atoms with van der Waals surface area (Å²) >= 11 is 0. The first-order valence-corrected chi connectivity index (χ1v) is 2.70. The van der Waals surface area contributed by atoms with Gasteiger partial charge in [0, 0.05) is 7.11 Å².